The van der Waals surface area contributed by atoms with Crippen molar-refractivity contribution in [2.24, 2.45) is 0 Å². The van der Waals surface area contributed by atoms with Crippen LogP contribution in [0.3, 0.4) is 0 Å². The molecular weight excluding hydrogens is 353 g/mol. The van der Waals surface area contributed by atoms with E-state index in [0.29, 0.717) is 31.0 Å². The van der Waals surface area contributed by atoms with Crippen molar-refractivity contribution in [3.05, 3.63) is 47.5 Å². The van der Waals surface area contributed by atoms with Gasteiger partial charge in [-0.1, -0.05) is 17.3 Å². The lowest BCUT2D eigenvalue weighted by Gasteiger charge is -2.23. The second-order valence-electron chi connectivity index (χ2n) is 6.46. The van der Waals surface area contributed by atoms with E-state index in [2.05, 4.69) is 10.5 Å². The molecule has 2 amide bonds. The quantitative estimate of drug-likeness (QED) is 0.786. The summed E-state index contributed by atoms with van der Waals surface area (Å²) in [7, 11) is 0. The Kier molecular flexibility index (Phi) is 5.63. The Morgan fingerprint density at radius 2 is 2.07 bits per heavy atom. The number of nitrogens with zero attached hydrogens (tertiary/aromatic N) is 2. The van der Waals surface area contributed by atoms with Gasteiger partial charge in [0, 0.05) is 25.5 Å². The third-order valence-corrected chi connectivity index (χ3v) is 4.50. The molecule has 1 fully saturated rings. The van der Waals surface area contributed by atoms with Crippen LogP contribution in [0.1, 0.15) is 41.8 Å². The largest absolute Gasteiger partial charge is 0.360 e. The molecule has 3 rings (SSSR count). The number of rotatable bonds is 6. The summed E-state index contributed by atoms with van der Waals surface area (Å²) in [4.78, 5) is 38.5. The Balaban J connectivity index is 1.57. The number of Topliss-reactive ketones (excluding diaryl/α,β-unsaturated/α-hetero) is 1. The number of aromatic nitrogens is 1. The molecule has 1 aliphatic rings. The van der Waals surface area contributed by atoms with Crippen LogP contribution >= 0.6 is 0 Å². The lowest BCUT2D eigenvalue weighted by atomic mass is 10.1. The number of anilines is 1. The van der Waals surface area contributed by atoms with Gasteiger partial charge in [-0.05, 0) is 31.9 Å². The first-order valence-corrected chi connectivity index (χ1v) is 8.77. The van der Waals surface area contributed by atoms with E-state index in [-0.39, 0.29) is 30.2 Å². The van der Waals surface area contributed by atoms with Crippen molar-refractivity contribution >= 4 is 23.4 Å². The standard InChI is InChI=1S/C19H20FN3O4/c1-12-11-17(22-27-12)21-19(26)15-7-4-10-23(15)18(25)9-8-16(24)13-5-2-3-6-14(13)20/h2-3,5-6,11,15H,4,7-10H2,1H3,(H,21,22,26). The van der Waals surface area contributed by atoms with Gasteiger partial charge in [0.15, 0.2) is 11.6 Å². The van der Waals surface area contributed by atoms with Crippen molar-refractivity contribution in [1.82, 2.24) is 10.1 Å². The van der Waals surface area contributed by atoms with Crippen LogP contribution < -0.4 is 5.32 Å². The van der Waals surface area contributed by atoms with Crippen LogP contribution in [0.25, 0.3) is 0 Å². The molecule has 0 aliphatic carbocycles. The summed E-state index contributed by atoms with van der Waals surface area (Å²) >= 11 is 0. The predicted molar refractivity (Wildman–Crippen MR) is 94.6 cm³/mol. The SMILES string of the molecule is Cc1cc(NC(=O)C2CCCN2C(=O)CCC(=O)c2ccccc2F)no1. The topological polar surface area (TPSA) is 92.5 Å². The maximum Gasteiger partial charge on any atom is 0.248 e. The fourth-order valence-electron chi connectivity index (χ4n) is 3.16. The summed E-state index contributed by atoms with van der Waals surface area (Å²) < 4.78 is 18.6. The van der Waals surface area contributed by atoms with Crippen LogP contribution in [0.4, 0.5) is 10.2 Å². The van der Waals surface area contributed by atoms with E-state index < -0.39 is 17.6 Å². The molecule has 0 radical (unpaired) electrons. The van der Waals surface area contributed by atoms with Gasteiger partial charge in [-0.3, -0.25) is 14.4 Å². The van der Waals surface area contributed by atoms with Gasteiger partial charge in [-0.2, -0.15) is 0 Å². The van der Waals surface area contributed by atoms with Gasteiger partial charge in [-0.25, -0.2) is 4.39 Å². The summed E-state index contributed by atoms with van der Waals surface area (Å²) in [5, 5.41) is 6.34. The third kappa shape index (κ3) is 4.39. The lowest BCUT2D eigenvalue weighted by Crippen LogP contribution is -2.43. The number of hydrogen-bond donors (Lipinski definition) is 1. The molecule has 0 bridgehead atoms. The molecule has 27 heavy (non-hydrogen) atoms. The van der Waals surface area contributed by atoms with Crippen molar-refractivity contribution in [3.63, 3.8) is 0 Å². The Labute approximate surface area is 155 Å². The van der Waals surface area contributed by atoms with Crippen molar-refractivity contribution in [3.8, 4) is 0 Å². The number of nitrogens with one attached hydrogen (secondary N) is 1. The predicted octanol–water partition coefficient (Wildman–Crippen LogP) is 2.71. The number of aryl methyl sites for hydroxylation is 1. The molecule has 2 heterocycles. The van der Waals surface area contributed by atoms with E-state index in [9.17, 15) is 18.8 Å². The van der Waals surface area contributed by atoms with Crippen molar-refractivity contribution in [2.45, 2.75) is 38.6 Å². The van der Waals surface area contributed by atoms with Crippen molar-refractivity contribution < 1.29 is 23.3 Å². The number of carbonyl (C=O) groups is 3. The maximum atomic E-state index is 13.7. The van der Waals surface area contributed by atoms with Crippen LogP contribution in [0.15, 0.2) is 34.9 Å². The molecule has 1 atom stereocenters. The van der Waals surface area contributed by atoms with Gasteiger partial charge < -0.3 is 14.7 Å². The Bertz CT molecular complexity index is 864. The summed E-state index contributed by atoms with van der Waals surface area (Å²) in [6.07, 6.45) is 1.06. The summed E-state index contributed by atoms with van der Waals surface area (Å²) in [5.74, 6) is -0.804. The first kappa shape index (κ1) is 18.8. The van der Waals surface area contributed by atoms with Crippen LogP contribution in [0, 0.1) is 12.7 Å². The third-order valence-electron chi connectivity index (χ3n) is 4.50. The van der Waals surface area contributed by atoms with E-state index >= 15 is 0 Å². The highest BCUT2D eigenvalue weighted by atomic mass is 19.1. The minimum Gasteiger partial charge on any atom is -0.360 e. The van der Waals surface area contributed by atoms with Crippen molar-refractivity contribution in [1.29, 1.82) is 0 Å². The normalized spacial score (nSPS) is 16.4. The second kappa shape index (κ2) is 8.11. The molecule has 142 valence electrons. The Morgan fingerprint density at radius 1 is 1.30 bits per heavy atom. The summed E-state index contributed by atoms with van der Waals surface area (Å²) in [6, 6.07) is 6.66. The maximum absolute atomic E-state index is 13.7. The fourth-order valence-corrected chi connectivity index (χ4v) is 3.16. The number of amides is 2. The Hall–Kier alpha value is -3.03. The van der Waals surface area contributed by atoms with E-state index in [0.717, 1.165) is 0 Å². The number of carbonyl (C=O) groups excluding carboxylic acids is 3. The molecule has 7 nitrogen and oxygen atoms in total. The fraction of sp³-hybridized carbons (Fsp3) is 0.368. The zero-order valence-corrected chi connectivity index (χ0v) is 14.9. The average molecular weight is 373 g/mol. The van der Waals surface area contributed by atoms with Gasteiger partial charge in [-0.15, -0.1) is 0 Å². The number of benzene rings is 1. The van der Waals surface area contributed by atoms with E-state index in [4.69, 9.17) is 4.52 Å². The van der Waals surface area contributed by atoms with E-state index in [1.165, 1.54) is 23.1 Å². The first-order chi connectivity index (χ1) is 13.0. The highest BCUT2D eigenvalue weighted by Crippen LogP contribution is 2.21. The average Bonchev–Trinajstić information content (AvgIpc) is 3.29. The monoisotopic (exact) mass is 373 g/mol. The molecule has 2 aromatic rings. The molecule has 1 unspecified atom stereocenters. The molecule has 8 heteroatoms. The van der Waals surface area contributed by atoms with Gasteiger partial charge in [0.05, 0.1) is 5.56 Å². The molecular formula is C19H20FN3O4. The first-order valence-electron chi connectivity index (χ1n) is 8.77. The lowest BCUT2D eigenvalue weighted by molar-refractivity contribution is -0.136. The van der Waals surface area contributed by atoms with Crippen LogP contribution in [0.5, 0.6) is 0 Å². The molecule has 1 aliphatic heterocycles. The molecule has 1 N–H and O–H groups in total. The molecule has 1 saturated heterocycles. The van der Waals surface area contributed by atoms with Crippen LogP contribution in [0.2, 0.25) is 0 Å². The molecule has 0 spiro atoms. The van der Waals surface area contributed by atoms with Crippen molar-refractivity contribution in [2.75, 3.05) is 11.9 Å². The number of ketones is 1. The van der Waals surface area contributed by atoms with Gasteiger partial charge in [0.1, 0.15) is 17.6 Å². The van der Waals surface area contributed by atoms with Crippen LogP contribution in [-0.2, 0) is 9.59 Å². The highest BCUT2D eigenvalue weighted by molar-refractivity contribution is 6.00. The summed E-state index contributed by atoms with van der Waals surface area (Å²) in [6.45, 7) is 2.16. The molecule has 0 saturated carbocycles. The second-order valence-corrected chi connectivity index (χ2v) is 6.46. The van der Waals surface area contributed by atoms with E-state index in [1.54, 1.807) is 19.1 Å². The summed E-state index contributed by atoms with van der Waals surface area (Å²) in [5.41, 5.74) is -0.0255. The molecule has 1 aromatic heterocycles. The number of hydrogen-bond acceptors (Lipinski definition) is 5. The van der Waals surface area contributed by atoms with Gasteiger partial charge in [0.2, 0.25) is 11.8 Å². The van der Waals surface area contributed by atoms with E-state index in [1.807, 2.05) is 0 Å². The minimum absolute atomic E-state index is 0.0255. The smallest absolute Gasteiger partial charge is 0.248 e. The van der Waals surface area contributed by atoms with Gasteiger partial charge in [0.25, 0.3) is 0 Å². The minimum atomic E-state index is -0.613. The number of halogens is 1. The molecule has 1 aromatic carbocycles. The van der Waals surface area contributed by atoms with Gasteiger partial charge >= 0.3 is 0 Å². The zero-order chi connectivity index (χ0) is 19.4. The number of likely N-dealkylation sites (tertiary alicyclic amines) is 1. The zero-order valence-electron chi connectivity index (χ0n) is 14.9. The highest BCUT2D eigenvalue weighted by Gasteiger charge is 2.34. The van der Waals surface area contributed by atoms with Crippen LogP contribution in [-0.4, -0.2) is 40.2 Å². The Morgan fingerprint density at radius 3 is 2.78 bits per heavy atom.